The summed E-state index contributed by atoms with van der Waals surface area (Å²) >= 11 is 0. The molecule has 0 saturated heterocycles. The Labute approximate surface area is 152 Å². The van der Waals surface area contributed by atoms with Crippen LogP contribution in [0.2, 0.25) is 0 Å². The average molecular weight is 372 g/mol. The molecule has 0 amide bonds. The van der Waals surface area contributed by atoms with Gasteiger partial charge in [-0.25, -0.2) is 0 Å². The van der Waals surface area contributed by atoms with Crippen molar-refractivity contribution >= 4 is 16.8 Å². The van der Waals surface area contributed by atoms with Gasteiger partial charge in [0.15, 0.2) is 11.5 Å². The smallest absolute Gasteiger partial charge is 0.238 e. The van der Waals surface area contributed by atoms with Gasteiger partial charge < -0.3 is 29.9 Å². The van der Waals surface area contributed by atoms with Gasteiger partial charge in [-0.05, 0) is 18.6 Å². The first kappa shape index (κ1) is 18.1. The Kier molecular flexibility index (Phi) is 4.40. The van der Waals surface area contributed by atoms with E-state index < -0.39 is 40.0 Å². The number of Topliss-reactive ketones (excluding diaryl/α,β-unsaturated/α-hetero) is 1. The molecule has 0 unspecified atom stereocenters. The van der Waals surface area contributed by atoms with E-state index in [1.54, 1.807) is 6.92 Å². The second-order valence-corrected chi connectivity index (χ2v) is 6.01. The van der Waals surface area contributed by atoms with Crippen LogP contribution in [-0.2, 0) is 0 Å². The fourth-order valence-electron chi connectivity index (χ4n) is 2.85. The van der Waals surface area contributed by atoms with E-state index in [0.717, 1.165) is 24.3 Å². The Bertz CT molecular complexity index is 1100. The maximum Gasteiger partial charge on any atom is 0.238 e. The number of fused-ring (bicyclic) bond motifs is 1. The molecule has 0 saturated carbocycles. The first-order chi connectivity index (χ1) is 12.7. The molecule has 0 bridgehead atoms. The number of carbonyl (C=O) groups excluding carboxylic acids is 1. The number of phenolic OH excluding ortho intramolecular Hbond substituents is 4. The van der Waals surface area contributed by atoms with Gasteiger partial charge in [0.25, 0.3) is 0 Å². The minimum absolute atomic E-state index is 0.0719. The Balaban J connectivity index is 2.26. The van der Waals surface area contributed by atoms with Crippen LogP contribution in [0.3, 0.4) is 0 Å². The van der Waals surface area contributed by atoms with Crippen LogP contribution < -0.4 is 5.43 Å². The lowest BCUT2D eigenvalue weighted by Gasteiger charge is -2.11. The highest BCUT2D eigenvalue weighted by atomic mass is 16.4. The van der Waals surface area contributed by atoms with Gasteiger partial charge in [-0.3, -0.25) is 9.59 Å². The van der Waals surface area contributed by atoms with Gasteiger partial charge in [0.1, 0.15) is 39.5 Å². The van der Waals surface area contributed by atoms with E-state index >= 15 is 0 Å². The summed E-state index contributed by atoms with van der Waals surface area (Å²) in [5.74, 6) is -3.75. The lowest BCUT2D eigenvalue weighted by Crippen LogP contribution is -2.03. The second-order valence-electron chi connectivity index (χ2n) is 6.01. The highest BCUT2D eigenvalue weighted by molar-refractivity contribution is 6.02. The van der Waals surface area contributed by atoms with Gasteiger partial charge in [-0.15, -0.1) is 0 Å². The Morgan fingerprint density at radius 1 is 0.963 bits per heavy atom. The van der Waals surface area contributed by atoms with Crippen LogP contribution in [0.4, 0.5) is 0 Å². The maximum absolute atomic E-state index is 12.4. The molecule has 0 spiro atoms. The number of benzene rings is 2. The molecule has 0 atom stereocenters. The summed E-state index contributed by atoms with van der Waals surface area (Å²) in [7, 11) is 0. The van der Waals surface area contributed by atoms with Crippen molar-refractivity contribution in [1.29, 1.82) is 0 Å². The van der Waals surface area contributed by atoms with Crippen LogP contribution >= 0.6 is 0 Å². The number of hydrogen-bond donors (Lipinski definition) is 5. The highest BCUT2D eigenvalue weighted by Gasteiger charge is 2.22. The van der Waals surface area contributed by atoms with E-state index in [1.165, 1.54) is 0 Å². The lowest BCUT2D eigenvalue weighted by atomic mass is 10.0. The van der Waals surface area contributed by atoms with Crippen LogP contribution in [0.5, 0.6) is 28.7 Å². The van der Waals surface area contributed by atoms with E-state index in [0.29, 0.717) is 6.42 Å². The van der Waals surface area contributed by atoms with Gasteiger partial charge >= 0.3 is 0 Å². The summed E-state index contributed by atoms with van der Waals surface area (Å²) < 4.78 is 5.40. The molecule has 8 nitrogen and oxygen atoms in total. The summed E-state index contributed by atoms with van der Waals surface area (Å²) in [5, 5.41) is 49.5. The molecule has 1 aromatic heterocycles. The van der Waals surface area contributed by atoms with Gasteiger partial charge in [0.05, 0.1) is 0 Å². The first-order valence-corrected chi connectivity index (χ1v) is 8.05. The Hall–Kier alpha value is -3.68. The SMILES string of the molecule is CCCC(=O)c1c(O)cc(-c2oc3cc(O)cc(O)c3c(=O)c2O)cc1O. The van der Waals surface area contributed by atoms with E-state index in [1.807, 2.05) is 0 Å². The fraction of sp³-hybridized carbons (Fsp3) is 0.158. The summed E-state index contributed by atoms with van der Waals surface area (Å²) in [6, 6.07) is 4.12. The molecular weight excluding hydrogens is 356 g/mol. The van der Waals surface area contributed by atoms with Gasteiger partial charge in [-0.1, -0.05) is 6.92 Å². The Morgan fingerprint density at radius 2 is 1.59 bits per heavy atom. The van der Waals surface area contributed by atoms with Crippen molar-refractivity contribution in [1.82, 2.24) is 0 Å². The topological polar surface area (TPSA) is 148 Å². The van der Waals surface area contributed by atoms with Gasteiger partial charge in [0, 0.05) is 24.1 Å². The van der Waals surface area contributed by atoms with Crippen LogP contribution in [0.1, 0.15) is 30.1 Å². The number of hydrogen-bond acceptors (Lipinski definition) is 8. The number of phenols is 4. The average Bonchev–Trinajstić information content (AvgIpc) is 2.57. The normalized spacial score (nSPS) is 11.0. The Morgan fingerprint density at radius 3 is 2.19 bits per heavy atom. The zero-order valence-corrected chi connectivity index (χ0v) is 14.2. The molecule has 0 aliphatic rings. The third-order valence-electron chi connectivity index (χ3n) is 4.05. The monoisotopic (exact) mass is 372 g/mol. The minimum Gasteiger partial charge on any atom is -0.508 e. The van der Waals surface area contributed by atoms with E-state index in [9.17, 15) is 35.1 Å². The van der Waals surface area contributed by atoms with Crippen LogP contribution in [-0.4, -0.2) is 31.3 Å². The molecule has 0 fully saturated rings. The summed E-state index contributed by atoms with van der Waals surface area (Å²) in [6.07, 6.45) is 0.641. The standard InChI is InChI=1S/C19H16O8/c1-2-3-10(21)15-11(22)4-8(5-12(15)23)19-18(26)17(25)16-13(24)6-9(20)7-14(16)27-19/h4-7,20,22-24,26H,2-3H2,1H3. The molecule has 0 aliphatic carbocycles. The molecule has 3 rings (SSSR count). The minimum atomic E-state index is -0.964. The molecule has 2 aromatic carbocycles. The van der Waals surface area contributed by atoms with Crippen molar-refractivity contribution in [3.63, 3.8) is 0 Å². The van der Waals surface area contributed by atoms with Gasteiger partial charge in [-0.2, -0.15) is 0 Å². The predicted octanol–water partition coefficient (Wildman–Crippen LogP) is 2.97. The van der Waals surface area contributed by atoms with Crippen molar-refractivity contribution in [2.75, 3.05) is 0 Å². The number of carbonyl (C=O) groups is 1. The molecule has 1 heterocycles. The van der Waals surface area contributed by atoms with E-state index in [4.69, 9.17) is 4.42 Å². The lowest BCUT2D eigenvalue weighted by molar-refractivity contribution is 0.0976. The molecule has 27 heavy (non-hydrogen) atoms. The molecule has 140 valence electrons. The third-order valence-corrected chi connectivity index (χ3v) is 4.05. The van der Waals surface area contributed by atoms with E-state index in [2.05, 4.69) is 0 Å². The predicted molar refractivity (Wildman–Crippen MR) is 95.5 cm³/mol. The molecule has 3 aromatic rings. The molecule has 0 aliphatic heterocycles. The van der Waals surface area contributed by atoms with Crippen molar-refractivity contribution in [2.24, 2.45) is 0 Å². The van der Waals surface area contributed by atoms with Crippen molar-refractivity contribution in [3.05, 3.63) is 40.1 Å². The molecule has 0 radical (unpaired) electrons. The summed E-state index contributed by atoms with van der Waals surface area (Å²) in [5.41, 5.74) is -1.51. The number of rotatable bonds is 4. The fourth-order valence-corrected chi connectivity index (χ4v) is 2.85. The van der Waals surface area contributed by atoms with Crippen LogP contribution in [0.25, 0.3) is 22.3 Å². The first-order valence-electron chi connectivity index (χ1n) is 8.05. The number of ketones is 1. The van der Waals surface area contributed by atoms with Crippen LogP contribution in [0, 0.1) is 0 Å². The van der Waals surface area contributed by atoms with Crippen molar-refractivity contribution in [2.45, 2.75) is 19.8 Å². The summed E-state index contributed by atoms with van der Waals surface area (Å²) in [4.78, 5) is 24.4. The molecule has 5 N–H and O–H groups in total. The second kappa shape index (κ2) is 6.56. The maximum atomic E-state index is 12.4. The van der Waals surface area contributed by atoms with Gasteiger partial charge in [0.2, 0.25) is 11.2 Å². The summed E-state index contributed by atoms with van der Waals surface area (Å²) in [6.45, 7) is 1.77. The van der Waals surface area contributed by atoms with Crippen molar-refractivity contribution < 1.29 is 34.7 Å². The van der Waals surface area contributed by atoms with E-state index in [-0.39, 0.29) is 34.3 Å². The van der Waals surface area contributed by atoms with Crippen molar-refractivity contribution in [3.8, 4) is 40.1 Å². The quantitative estimate of drug-likeness (QED) is 0.439. The molecular formula is C19H16O8. The molecule has 8 heteroatoms. The highest BCUT2D eigenvalue weighted by Crippen LogP contribution is 2.39. The van der Waals surface area contributed by atoms with Crippen LogP contribution in [0.15, 0.2) is 33.5 Å². The third kappa shape index (κ3) is 3.01. The zero-order valence-electron chi connectivity index (χ0n) is 14.2. The largest absolute Gasteiger partial charge is 0.508 e. The zero-order chi connectivity index (χ0) is 19.9. The number of aromatic hydroxyl groups is 5.